The van der Waals surface area contributed by atoms with Gasteiger partial charge in [-0.25, -0.2) is 32.8 Å². The molecule has 2 N–H and O–H groups in total. The molecule has 1 aromatic heterocycles. The van der Waals surface area contributed by atoms with Crippen LogP contribution in [0, 0.1) is 6.92 Å². The molecule has 0 bridgehead atoms. The first-order chi connectivity index (χ1) is 19.2. The van der Waals surface area contributed by atoms with E-state index in [1.165, 1.54) is 23.5 Å². The van der Waals surface area contributed by atoms with E-state index >= 15 is 0 Å². The average molecular weight is 611 g/mol. The minimum Gasteiger partial charge on any atom is -0.445 e. The Kier molecular flexibility index (Phi) is 8.55. The molecule has 13 nitrogen and oxygen atoms in total. The van der Waals surface area contributed by atoms with E-state index < -0.39 is 77.9 Å². The summed E-state index contributed by atoms with van der Waals surface area (Å²) in [7, 11) is -4.19. The van der Waals surface area contributed by atoms with Gasteiger partial charge < -0.3 is 19.3 Å². The summed E-state index contributed by atoms with van der Waals surface area (Å²) in [5.74, 6) is 0. The molecule has 0 radical (unpaired) electrons. The van der Waals surface area contributed by atoms with Gasteiger partial charge in [-0.05, 0) is 64.3 Å². The molecular weight excluding hydrogens is 576 g/mol. The third kappa shape index (κ3) is 6.27. The summed E-state index contributed by atoms with van der Waals surface area (Å²) in [4.78, 5) is 39.4. The maximum Gasteiger partial charge on any atom is 0.429 e. The van der Waals surface area contributed by atoms with E-state index in [0.717, 1.165) is 19.9 Å². The van der Waals surface area contributed by atoms with Crippen LogP contribution in [0.2, 0.25) is 0 Å². The van der Waals surface area contributed by atoms with E-state index in [9.17, 15) is 27.9 Å². The van der Waals surface area contributed by atoms with Crippen LogP contribution in [0.5, 0.6) is 0 Å². The number of hydrogen-bond acceptors (Lipinski definition) is 10. The quantitative estimate of drug-likeness (QED) is 0.468. The Balaban J connectivity index is 1.76. The summed E-state index contributed by atoms with van der Waals surface area (Å²) in [5, 5.41) is 18.5. The van der Waals surface area contributed by atoms with E-state index in [-0.39, 0.29) is 4.90 Å². The normalized spacial score (nSPS) is 22.9. The summed E-state index contributed by atoms with van der Waals surface area (Å²) in [6, 6.07) is 9.49. The minimum absolute atomic E-state index is 0.0318. The number of β-amino-alcohol motifs (C(OH)–C–C–N with tert-alkyl or cyclic N) is 1. The lowest BCUT2D eigenvalue weighted by Crippen LogP contribution is -2.74. The van der Waals surface area contributed by atoms with Crippen LogP contribution in [0.4, 0.5) is 19.4 Å². The number of hydrogen-bond donors (Lipinski definition) is 2. The summed E-state index contributed by atoms with van der Waals surface area (Å²) < 4.78 is 44.8. The Morgan fingerprint density at radius 2 is 1.51 bits per heavy atom. The Morgan fingerprint density at radius 1 is 0.927 bits per heavy atom. The van der Waals surface area contributed by atoms with Crippen molar-refractivity contribution < 1.29 is 42.1 Å². The molecule has 2 saturated heterocycles. The van der Waals surface area contributed by atoms with Gasteiger partial charge in [-0.15, -0.1) is 11.3 Å². The number of amides is 3. The Hall–Kier alpha value is -3.40. The molecule has 0 aliphatic carbocycles. The molecule has 2 aromatic rings. The van der Waals surface area contributed by atoms with Crippen LogP contribution in [0.1, 0.15) is 33.3 Å². The number of benzene rings is 1. The van der Waals surface area contributed by atoms with Crippen molar-refractivity contribution in [3.05, 3.63) is 47.3 Å². The fourth-order valence-electron chi connectivity index (χ4n) is 4.67. The molecule has 2 atom stereocenters. The van der Waals surface area contributed by atoms with Crippen molar-refractivity contribution in [2.24, 2.45) is 0 Å². The number of rotatable bonds is 6. The monoisotopic (exact) mass is 610 g/mol. The largest absolute Gasteiger partial charge is 0.445 e. The third-order valence-corrected chi connectivity index (χ3v) is 9.20. The predicted octanol–water partition coefficient (Wildman–Crippen LogP) is 3.40. The average Bonchev–Trinajstić information content (AvgIpc) is 3.48. The lowest BCUT2D eigenvalue weighted by molar-refractivity contribution is -0.203. The molecule has 1 aromatic carbocycles. The van der Waals surface area contributed by atoms with E-state index in [4.69, 9.17) is 14.2 Å². The van der Waals surface area contributed by atoms with Gasteiger partial charge in [-0.3, -0.25) is 5.32 Å². The van der Waals surface area contributed by atoms with Gasteiger partial charge in [0.25, 0.3) is 0 Å². The summed E-state index contributed by atoms with van der Waals surface area (Å²) in [6.07, 6.45) is -4.06. The first-order valence-corrected chi connectivity index (χ1v) is 15.3. The standard InChI is InChI=1S/C26H34N4O9S2/c1-17(2)37-23(32)29-14-25(34)13-28(41(35,36)20-10-8-19(5)9-11-20)15-26(25,16-30(29)24(33)38-18(3)4)39-22(31)27-21-7-6-12-40-21/h6-12,17-18,34H,13-16H2,1-5H3,(H,27,31). The van der Waals surface area contributed by atoms with Crippen LogP contribution < -0.4 is 5.32 Å². The van der Waals surface area contributed by atoms with Gasteiger partial charge in [-0.2, -0.15) is 4.31 Å². The lowest BCUT2D eigenvalue weighted by Gasteiger charge is -2.51. The van der Waals surface area contributed by atoms with Crippen molar-refractivity contribution in [2.75, 3.05) is 31.5 Å². The second kappa shape index (κ2) is 11.5. The highest BCUT2D eigenvalue weighted by atomic mass is 32.2. The van der Waals surface area contributed by atoms with Crippen LogP contribution in [0.3, 0.4) is 0 Å². The van der Waals surface area contributed by atoms with Crippen molar-refractivity contribution in [3.63, 3.8) is 0 Å². The number of fused-ring (bicyclic) bond motifs is 1. The van der Waals surface area contributed by atoms with Gasteiger partial charge in [-0.1, -0.05) is 17.7 Å². The van der Waals surface area contributed by atoms with Gasteiger partial charge in [0.05, 0.1) is 41.7 Å². The number of carbonyl (C=O) groups is 3. The number of nitrogens with zero attached hydrogens (tertiary/aromatic N) is 3. The van der Waals surface area contributed by atoms with Crippen molar-refractivity contribution in [3.8, 4) is 0 Å². The highest BCUT2D eigenvalue weighted by Gasteiger charge is 2.68. The molecule has 2 unspecified atom stereocenters. The number of thiophene rings is 1. The zero-order valence-corrected chi connectivity index (χ0v) is 25.0. The van der Waals surface area contributed by atoms with Crippen LogP contribution in [-0.2, 0) is 24.2 Å². The van der Waals surface area contributed by atoms with E-state index in [1.54, 1.807) is 57.3 Å². The number of aliphatic hydroxyl groups is 1. The molecule has 15 heteroatoms. The summed E-state index contributed by atoms with van der Waals surface area (Å²) in [6.45, 7) is 6.00. The summed E-state index contributed by atoms with van der Waals surface area (Å²) >= 11 is 1.23. The van der Waals surface area contributed by atoms with Crippen molar-refractivity contribution in [1.82, 2.24) is 14.3 Å². The fourth-order valence-corrected chi connectivity index (χ4v) is 6.81. The lowest BCUT2D eigenvalue weighted by atomic mass is 9.83. The van der Waals surface area contributed by atoms with Gasteiger partial charge in [0.15, 0.2) is 5.60 Å². The molecule has 2 fully saturated rings. The molecule has 3 heterocycles. The van der Waals surface area contributed by atoms with Gasteiger partial charge in [0.1, 0.15) is 5.60 Å². The van der Waals surface area contributed by atoms with Crippen LogP contribution in [0.25, 0.3) is 0 Å². The molecular formula is C26H34N4O9S2. The Bertz CT molecular complexity index is 1380. The van der Waals surface area contributed by atoms with Gasteiger partial charge >= 0.3 is 18.3 Å². The number of anilines is 1. The number of ether oxygens (including phenoxy) is 3. The number of sulfonamides is 1. The third-order valence-electron chi connectivity index (χ3n) is 6.61. The summed E-state index contributed by atoms with van der Waals surface area (Å²) in [5.41, 5.74) is -3.28. The zero-order valence-electron chi connectivity index (χ0n) is 23.4. The van der Waals surface area contributed by atoms with Crippen molar-refractivity contribution in [1.29, 1.82) is 0 Å². The first-order valence-electron chi connectivity index (χ1n) is 12.9. The molecule has 2 aliphatic rings. The first kappa shape index (κ1) is 30.6. The smallest absolute Gasteiger partial charge is 0.429 e. The van der Waals surface area contributed by atoms with Crippen LogP contribution in [0.15, 0.2) is 46.7 Å². The molecule has 41 heavy (non-hydrogen) atoms. The zero-order chi connectivity index (χ0) is 30.2. The van der Waals surface area contributed by atoms with Crippen molar-refractivity contribution in [2.45, 2.75) is 62.9 Å². The van der Waals surface area contributed by atoms with E-state index in [0.29, 0.717) is 5.00 Å². The highest BCUT2D eigenvalue weighted by Crippen LogP contribution is 2.43. The maximum absolute atomic E-state index is 13.7. The highest BCUT2D eigenvalue weighted by molar-refractivity contribution is 7.89. The Morgan fingerprint density at radius 3 is 2.05 bits per heavy atom. The molecule has 0 spiro atoms. The minimum atomic E-state index is -4.19. The second-order valence-electron chi connectivity index (χ2n) is 10.6. The molecule has 3 amide bonds. The van der Waals surface area contributed by atoms with E-state index in [1.807, 2.05) is 6.92 Å². The number of nitrogens with one attached hydrogen (secondary N) is 1. The van der Waals surface area contributed by atoms with Crippen molar-refractivity contribution >= 4 is 44.6 Å². The van der Waals surface area contributed by atoms with Gasteiger partial charge in [0, 0.05) is 6.54 Å². The predicted molar refractivity (Wildman–Crippen MR) is 149 cm³/mol. The SMILES string of the molecule is Cc1ccc(S(=O)(=O)N2CC3(O)CN(C(=O)OC(C)C)N(C(=O)OC(C)C)CC3(OC(=O)Nc3cccs3)C2)cc1. The number of aryl methyl sites for hydroxylation is 1. The molecule has 2 aliphatic heterocycles. The Labute approximate surface area is 242 Å². The molecule has 0 saturated carbocycles. The number of carbonyl (C=O) groups excluding carboxylic acids is 3. The van der Waals surface area contributed by atoms with Crippen LogP contribution in [-0.4, -0.2) is 95.7 Å². The van der Waals surface area contributed by atoms with Gasteiger partial charge in [0.2, 0.25) is 10.0 Å². The van der Waals surface area contributed by atoms with E-state index in [2.05, 4.69) is 5.32 Å². The number of hydrazine groups is 1. The second-order valence-corrected chi connectivity index (χ2v) is 13.5. The van der Waals surface area contributed by atoms with Crippen LogP contribution >= 0.6 is 11.3 Å². The molecule has 224 valence electrons. The molecule has 4 rings (SSSR count). The topological polar surface area (TPSA) is 155 Å². The maximum atomic E-state index is 13.7. The fraction of sp³-hybridized carbons (Fsp3) is 0.500.